The number of carbonyl (C=O) groups excluding carboxylic acids is 4. The van der Waals surface area contributed by atoms with Crippen LogP contribution in [0.15, 0.2) is 40.9 Å². The predicted molar refractivity (Wildman–Crippen MR) is 136 cm³/mol. The monoisotopic (exact) mass is 563 g/mol. The van der Waals surface area contributed by atoms with Gasteiger partial charge in [0.15, 0.2) is 6.61 Å². The first-order valence-electron chi connectivity index (χ1n) is 11.0. The Labute approximate surface area is 217 Å². The molecule has 0 aromatic heterocycles. The van der Waals surface area contributed by atoms with Crippen molar-refractivity contribution in [1.82, 2.24) is 10.4 Å². The lowest BCUT2D eigenvalue weighted by Gasteiger charge is -2.20. The summed E-state index contributed by atoms with van der Waals surface area (Å²) in [5.41, 5.74) is 5.26. The fourth-order valence-electron chi connectivity index (χ4n) is 3.50. The van der Waals surface area contributed by atoms with Crippen LogP contribution in [0, 0.1) is 12.8 Å². The number of benzene rings is 2. The van der Waals surface area contributed by atoms with Crippen LogP contribution in [0.2, 0.25) is 5.02 Å². The van der Waals surface area contributed by atoms with E-state index in [0.29, 0.717) is 20.7 Å². The number of carbonyl (C=O) groups is 4. The molecule has 1 fully saturated rings. The summed E-state index contributed by atoms with van der Waals surface area (Å²) in [6.45, 7) is 7.48. The summed E-state index contributed by atoms with van der Waals surface area (Å²) < 4.78 is 5.80. The van der Waals surface area contributed by atoms with Crippen LogP contribution in [0.4, 0.5) is 5.69 Å². The summed E-state index contributed by atoms with van der Waals surface area (Å²) in [6, 6.07) is 10.5. The molecule has 0 unspecified atom stereocenters. The first kappa shape index (κ1) is 26.7. The minimum atomic E-state index is -0.789. The number of hydrogen-bond acceptors (Lipinski definition) is 5. The highest BCUT2D eigenvalue weighted by atomic mass is 79.9. The van der Waals surface area contributed by atoms with Gasteiger partial charge >= 0.3 is 5.97 Å². The number of halogens is 2. The SMILES string of the molecule is Cc1cc(Br)c(Cl)cc1NC(=O)COC(=O)[C@@H]1CC(=O)N(NC(=O)c2ccc(C(C)(C)C)cc2)C1. The number of hydrazine groups is 1. The van der Waals surface area contributed by atoms with E-state index < -0.39 is 36.2 Å². The molecule has 2 aromatic rings. The molecule has 0 saturated carbocycles. The highest BCUT2D eigenvalue weighted by molar-refractivity contribution is 9.10. The number of anilines is 1. The molecular formula is C25H27BrClN3O5. The van der Waals surface area contributed by atoms with Crippen molar-refractivity contribution in [2.75, 3.05) is 18.5 Å². The van der Waals surface area contributed by atoms with E-state index in [4.69, 9.17) is 16.3 Å². The maximum absolute atomic E-state index is 12.6. The summed E-state index contributed by atoms with van der Waals surface area (Å²) in [7, 11) is 0. The van der Waals surface area contributed by atoms with E-state index in [1.54, 1.807) is 31.2 Å². The van der Waals surface area contributed by atoms with Crippen molar-refractivity contribution in [2.24, 2.45) is 5.92 Å². The van der Waals surface area contributed by atoms with Crippen LogP contribution in [0.3, 0.4) is 0 Å². The summed E-state index contributed by atoms with van der Waals surface area (Å²) in [6.07, 6.45) is -0.120. The Morgan fingerprint density at radius 3 is 2.46 bits per heavy atom. The van der Waals surface area contributed by atoms with E-state index in [-0.39, 0.29) is 18.4 Å². The van der Waals surface area contributed by atoms with Gasteiger partial charge in [-0.2, -0.15) is 0 Å². The van der Waals surface area contributed by atoms with Gasteiger partial charge in [0.1, 0.15) is 0 Å². The molecular weight excluding hydrogens is 538 g/mol. The molecule has 3 rings (SSSR count). The van der Waals surface area contributed by atoms with Crippen molar-refractivity contribution >= 4 is 56.9 Å². The van der Waals surface area contributed by atoms with Crippen molar-refractivity contribution < 1.29 is 23.9 Å². The average molecular weight is 565 g/mol. The van der Waals surface area contributed by atoms with Gasteiger partial charge in [0.2, 0.25) is 5.91 Å². The summed E-state index contributed by atoms with van der Waals surface area (Å²) in [4.78, 5) is 49.5. The molecule has 1 saturated heterocycles. The van der Waals surface area contributed by atoms with E-state index in [0.717, 1.165) is 16.1 Å². The first-order chi connectivity index (χ1) is 16.3. The van der Waals surface area contributed by atoms with Gasteiger partial charge in [-0.25, -0.2) is 0 Å². The van der Waals surface area contributed by atoms with Crippen molar-refractivity contribution in [3.63, 3.8) is 0 Å². The standard InChI is InChI=1S/C25H27BrClN3O5/c1-14-9-18(26)19(27)11-20(14)28-21(31)13-35-24(34)16-10-22(32)30(12-16)29-23(33)15-5-7-17(8-6-15)25(2,3)4/h5-9,11,16H,10,12-13H2,1-4H3,(H,28,31)(H,29,33)/t16-/m1/s1. The topological polar surface area (TPSA) is 105 Å². The first-order valence-corrected chi connectivity index (χ1v) is 12.2. The highest BCUT2D eigenvalue weighted by Crippen LogP contribution is 2.29. The summed E-state index contributed by atoms with van der Waals surface area (Å²) in [5, 5.41) is 4.18. The van der Waals surface area contributed by atoms with Crippen molar-refractivity contribution in [3.8, 4) is 0 Å². The average Bonchev–Trinajstić information content (AvgIpc) is 3.15. The molecule has 186 valence electrons. The molecule has 0 bridgehead atoms. The second-order valence-electron chi connectivity index (χ2n) is 9.41. The second-order valence-corrected chi connectivity index (χ2v) is 10.7. The van der Waals surface area contributed by atoms with E-state index in [9.17, 15) is 19.2 Å². The maximum atomic E-state index is 12.6. The molecule has 2 aromatic carbocycles. The largest absolute Gasteiger partial charge is 0.455 e. The molecule has 10 heteroatoms. The lowest BCUT2D eigenvalue weighted by Crippen LogP contribution is -2.43. The fraction of sp³-hybridized carbons (Fsp3) is 0.360. The van der Waals surface area contributed by atoms with Gasteiger partial charge in [-0.15, -0.1) is 0 Å². The zero-order valence-corrected chi connectivity index (χ0v) is 22.2. The van der Waals surface area contributed by atoms with Gasteiger partial charge in [-0.05, 0) is 63.7 Å². The Morgan fingerprint density at radius 2 is 1.83 bits per heavy atom. The third kappa shape index (κ3) is 6.82. The van der Waals surface area contributed by atoms with Crippen molar-refractivity contribution in [2.45, 2.75) is 39.5 Å². The quantitative estimate of drug-likeness (QED) is 0.507. The molecule has 3 amide bonds. The van der Waals surface area contributed by atoms with Gasteiger partial charge in [0.05, 0.1) is 17.5 Å². The maximum Gasteiger partial charge on any atom is 0.311 e. The number of rotatable bonds is 6. The minimum Gasteiger partial charge on any atom is -0.455 e. The lowest BCUT2D eigenvalue weighted by atomic mass is 9.87. The van der Waals surface area contributed by atoms with Gasteiger partial charge in [-0.1, -0.05) is 44.5 Å². The molecule has 2 N–H and O–H groups in total. The number of esters is 1. The third-order valence-corrected chi connectivity index (χ3v) is 6.79. The van der Waals surface area contributed by atoms with E-state index >= 15 is 0 Å². The molecule has 0 radical (unpaired) electrons. The number of nitrogens with one attached hydrogen (secondary N) is 2. The molecule has 1 atom stereocenters. The molecule has 1 aliphatic rings. The number of ether oxygens (including phenoxy) is 1. The summed E-state index contributed by atoms with van der Waals surface area (Å²) >= 11 is 9.37. The molecule has 0 spiro atoms. The lowest BCUT2D eigenvalue weighted by molar-refractivity contribution is -0.151. The molecule has 1 heterocycles. The van der Waals surface area contributed by atoms with Gasteiger partial charge in [0.25, 0.3) is 11.8 Å². The van der Waals surface area contributed by atoms with Gasteiger partial charge in [-0.3, -0.25) is 29.6 Å². The zero-order chi connectivity index (χ0) is 25.9. The van der Waals surface area contributed by atoms with Crippen LogP contribution in [-0.4, -0.2) is 41.9 Å². The predicted octanol–water partition coefficient (Wildman–Crippen LogP) is 4.38. The van der Waals surface area contributed by atoms with Crippen molar-refractivity contribution in [1.29, 1.82) is 0 Å². The normalized spacial score (nSPS) is 15.7. The summed E-state index contributed by atoms with van der Waals surface area (Å²) in [5.74, 6) is -2.87. The van der Waals surface area contributed by atoms with Crippen LogP contribution >= 0.6 is 27.5 Å². The van der Waals surface area contributed by atoms with Crippen LogP contribution in [0.5, 0.6) is 0 Å². The Morgan fingerprint density at radius 1 is 1.17 bits per heavy atom. The van der Waals surface area contributed by atoms with Crippen LogP contribution < -0.4 is 10.7 Å². The van der Waals surface area contributed by atoms with E-state index in [2.05, 4.69) is 47.4 Å². The van der Waals surface area contributed by atoms with Gasteiger partial charge in [0, 0.05) is 22.1 Å². The smallest absolute Gasteiger partial charge is 0.311 e. The van der Waals surface area contributed by atoms with Crippen LogP contribution in [0.25, 0.3) is 0 Å². The molecule has 1 aliphatic heterocycles. The van der Waals surface area contributed by atoms with Crippen LogP contribution in [0.1, 0.15) is 48.7 Å². The highest BCUT2D eigenvalue weighted by Gasteiger charge is 2.36. The Bertz CT molecular complexity index is 1160. The third-order valence-electron chi connectivity index (χ3n) is 5.59. The number of aryl methyl sites for hydroxylation is 1. The number of amides is 3. The number of nitrogens with zero attached hydrogens (tertiary/aromatic N) is 1. The van der Waals surface area contributed by atoms with E-state index in [1.807, 2.05) is 12.1 Å². The van der Waals surface area contributed by atoms with Gasteiger partial charge < -0.3 is 10.1 Å². The minimum absolute atomic E-state index is 0.0352. The van der Waals surface area contributed by atoms with Crippen molar-refractivity contribution in [3.05, 3.63) is 62.6 Å². The molecule has 0 aliphatic carbocycles. The molecule has 8 nitrogen and oxygen atoms in total. The Balaban J connectivity index is 1.51. The fourth-order valence-corrected chi connectivity index (χ4v) is 4.13. The second kappa shape index (κ2) is 10.8. The molecule has 35 heavy (non-hydrogen) atoms. The number of hydrogen-bond donors (Lipinski definition) is 2. The Hall–Kier alpha value is -2.91. The Kier molecular flexibility index (Phi) is 8.22. The zero-order valence-electron chi connectivity index (χ0n) is 19.9. The van der Waals surface area contributed by atoms with E-state index in [1.165, 1.54) is 0 Å². The van der Waals surface area contributed by atoms with Crippen LogP contribution in [-0.2, 0) is 24.5 Å².